The highest BCUT2D eigenvalue weighted by molar-refractivity contribution is 7.18. The summed E-state index contributed by atoms with van der Waals surface area (Å²) in [6.45, 7) is 3.38. The molecular weight excluding hydrogens is 234 g/mol. The van der Waals surface area contributed by atoms with Crippen molar-refractivity contribution in [1.29, 1.82) is 0 Å². The van der Waals surface area contributed by atoms with Gasteiger partial charge in [0.15, 0.2) is 5.13 Å². The second-order valence-corrected chi connectivity index (χ2v) is 4.34. The number of carboxylic acid groups (broad SMARTS) is 1. The average Bonchev–Trinajstić information content (AvgIpc) is 2.61. The molecule has 0 atom stereocenters. The second kappa shape index (κ2) is 4.88. The van der Waals surface area contributed by atoms with Gasteiger partial charge in [-0.1, -0.05) is 0 Å². The number of hydrogen-bond acceptors (Lipinski definition) is 6. The van der Waals surface area contributed by atoms with Crippen LogP contribution in [0.5, 0.6) is 0 Å². The van der Waals surface area contributed by atoms with E-state index in [1.165, 1.54) is 4.90 Å². The third-order valence-electron chi connectivity index (χ3n) is 1.84. The molecule has 1 N–H and O–H groups in total. The van der Waals surface area contributed by atoms with Gasteiger partial charge in [-0.2, -0.15) is 0 Å². The van der Waals surface area contributed by atoms with E-state index in [-0.39, 0.29) is 17.6 Å². The van der Waals surface area contributed by atoms with Gasteiger partial charge in [-0.3, -0.25) is 14.9 Å². The molecule has 0 saturated carbocycles. The molecule has 0 saturated heterocycles. The van der Waals surface area contributed by atoms with Crippen LogP contribution in [0.4, 0.5) is 10.1 Å². The van der Waals surface area contributed by atoms with Crippen LogP contribution in [-0.4, -0.2) is 33.6 Å². The standard InChI is InChI=1S/C8H11N3O4S/c1-5(2)10(4-7(12)13)8-9-3-6(16-8)11(14)15/h3,5H,4H2,1-2H3,(H,12,13). The van der Waals surface area contributed by atoms with Crippen LogP contribution in [-0.2, 0) is 4.79 Å². The van der Waals surface area contributed by atoms with Crippen molar-refractivity contribution in [2.24, 2.45) is 0 Å². The maximum Gasteiger partial charge on any atom is 0.345 e. The fourth-order valence-electron chi connectivity index (χ4n) is 1.09. The highest BCUT2D eigenvalue weighted by Gasteiger charge is 2.20. The van der Waals surface area contributed by atoms with Crippen molar-refractivity contribution in [3.63, 3.8) is 0 Å². The van der Waals surface area contributed by atoms with Gasteiger partial charge >= 0.3 is 11.0 Å². The molecule has 88 valence electrons. The summed E-state index contributed by atoms with van der Waals surface area (Å²) in [7, 11) is 0. The van der Waals surface area contributed by atoms with Gasteiger partial charge in [-0.25, -0.2) is 4.98 Å². The van der Waals surface area contributed by atoms with Gasteiger partial charge in [0, 0.05) is 6.04 Å². The number of hydrogen-bond donors (Lipinski definition) is 1. The summed E-state index contributed by atoms with van der Waals surface area (Å²) in [5, 5.41) is 19.4. The van der Waals surface area contributed by atoms with Crippen LogP contribution in [0.15, 0.2) is 6.20 Å². The minimum Gasteiger partial charge on any atom is -0.480 e. The first-order valence-corrected chi connectivity index (χ1v) is 5.32. The van der Waals surface area contributed by atoms with Crippen LogP contribution in [0.2, 0.25) is 0 Å². The second-order valence-electron chi connectivity index (χ2n) is 3.35. The molecule has 0 unspecified atom stereocenters. The number of rotatable bonds is 5. The van der Waals surface area contributed by atoms with Crippen molar-refractivity contribution < 1.29 is 14.8 Å². The van der Waals surface area contributed by atoms with E-state index in [2.05, 4.69) is 4.98 Å². The molecule has 7 nitrogen and oxygen atoms in total. The average molecular weight is 245 g/mol. The van der Waals surface area contributed by atoms with Crippen molar-refractivity contribution in [2.75, 3.05) is 11.4 Å². The first kappa shape index (κ1) is 12.4. The van der Waals surface area contributed by atoms with E-state index < -0.39 is 10.9 Å². The topological polar surface area (TPSA) is 96.6 Å². The first-order valence-electron chi connectivity index (χ1n) is 4.50. The Morgan fingerprint density at radius 2 is 2.38 bits per heavy atom. The van der Waals surface area contributed by atoms with E-state index in [1.807, 2.05) is 0 Å². The van der Waals surface area contributed by atoms with Crippen LogP contribution in [0.25, 0.3) is 0 Å². The zero-order chi connectivity index (χ0) is 12.3. The predicted octanol–water partition coefficient (Wildman–Crippen LogP) is 1.35. The highest BCUT2D eigenvalue weighted by atomic mass is 32.1. The quantitative estimate of drug-likeness (QED) is 0.621. The van der Waals surface area contributed by atoms with Crippen LogP contribution >= 0.6 is 11.3 Å². The van der Waals surface area contributed by atoms with Crippen molar-refractivity contribution in [2.45, 2.75) is 19.9 Å². The van der Waals surface area contributed by atoms with Crippen LogP contribution in [0, 0.1) is 10.1 Å². The van der Waals surface area contributed by atoms with E-state index >= 15 is 0 Å². The number of carbonyl (C=O) groups is 1. The molecule has 0 aromatic carbocycles. The van der Waals surface area contributed by atoms with Gasteiger partial charge in [-0.05, 0) is 25.2 Å². The number of aliphatic carboxylic acids is 1. The maximum atomic E-state index is 10.6. The third kappa shape index (κ3) is 2.89. The zero-order valence-electron chi connectivity index (χ0n) is 8.78. The summed E-state index contributed by atoms with van der Waals surface area (Å²) in [4.78, 5) is 25.9. The van der Waals surface area contributed by atoms with E-state index in [4.69, 9.17) is 5.11 Å². The molecule has 1 heterocycles. The van der Waals surface area contributed by atoms with E-state index in [0.29, 0.717) is 5.13 Å². The van der Waals surface area contributed by atoms with Crippen LogP contribution < -0.4 is 4.90 Å². The van der Waals surface area contributed by atoms with Crippen LogP contribution in [0.1, 0.15) is 13.8 Å². The summed E-state index contributed by atoms with van der Waals surface area (Å²) in [5.41, 5.74) is 0. The Hall–Kier alpha value is -1.70. The molecule has 0 aliphatic carbocycles. The van der Waals surface area contributed by atoms with E-state index in [1.54, 1.807) is 13.8 Å². The fraction of sp³-hybridized carbons (Fsp3) is 0.500. The van der Waals surface area contributed by atoms with Crippen molar-refractivity contribution in [3.05, 3.63) is 16.3 Å². The van der Waals surface area contributed by atoms with Crippen LogP contribution in [0.3, 0.4) is 0 Å². The normalized spacial score (nSPS) is 10.4. The molecule has 0 aliphatic heterocycles. The first-order chi connectivity index (χ1) is 7.41. The Morgan fingerprint density at radius 1 is 1.75 bits per heavy atom. The molecule has 0 aliphatic rings. The molecule has 16 heavy (non-hydrogen) atoms. The molecule has 0 bridgehead atoms. The highest BCUT2D eigenvalue weighted by Crippen LogP contribution is 2.29. The van der Waals surface area contributed by atoms with Gasteiger partial charge in [0.2, 0.25) is 0 Å². The molecule has 0 amide bonds. The van der Waals surface area contributed by atoms with Gasteiger partial charge < -0.3 is 10.0 Å². The Morgan fingerprint density at radius 3 is 2.75 bits per heavy atom. The lowest BCUT2D eigenvalue weighted by atomic mass is 10.3. The minimum atomic E-state index is -0.994. The van der Waals surface area contributed by atoms with E-state index in [9.17, 15) is 14.9 Å². The largest absolute Gasteiger partial charge is 0.480 e. The van der Waals surface area contributed by atoms with E-state index in [0.717, 1.165) is 17.5 Å². The Bertz CT molecular complexity index is 404. The monoisotopic (exact) mass is 245 g/mol. The molecule has 0 radical (unpaired) electrons. The molecule has 1 aromatic rings. The zero-order valence-corrected chi connectivity index (χ0v) is 9.60. The summed E-state index contributed by atoms with van der Waals surface area (Å²) in [6.07, 6.45) is 1.14. The summed E-state index contributed by atoms with van der Waals surface area (Å²) in [5.74, 6) is -0.994. The number of nitro groups is 1. The SMILES string of the molecule is CC(C)N(CC(=O)O)c1ncc([N+](=O)[O-])s1. The Labute approximate surface area is 95.5 Å². The number of thiazole rings is 1. The van der Waals surface area contributed by atoms with Gasteiger partial charge in [0.05, 0.1) is 4.92 Å². The number of carboxylic acids is 1. The molecule has 1 rings (SSSR count). The maximum absolute atomic E-state index is 10.6. The number of aromatic nitrogens is 1. The smallest absolute Gasteiger partial charge is 0.345 e. The lowest BCUT2D eigenvalue weighted by Gasteiger charge is -2.23. The lowest BCUT2D eigenvalue weighted by molar-refractivity contribution is -0.380. The predicted molar refractivity (Wildman–Crippen MR) is 58.9 cm³/mol. The van der Waals surface area contributed by atoms with Gasteiger partial charge in [0.1, 0.15) is 12.7 Å². The summed E-state index contributed by atoms with van der Waals surface area (Å²) < 4.78 is 0. The molecule has 0 fully saturated rings. The Balaban J connectivity index is 2.92. The van der Waals surface area contributed by atoms with Gasteiger partial charge in [-0.15, -0.1) is 0 Å². The van der Waals surface area contributed by atoms with Crippen molar-refractivity contribution >= 4 is 27.4 Å². The number of anilines is 1. The van der Waals surface area contributed by atoms with Gasteiger partial charge in [0.25, 0.3) is 0 Å². The lowest BCUT2D eigenvalue weighted by Crippen LogP contribution is -2.35. The summed E-state index contributed by atoms with van der Waals surface area (Å²) in [6, 6.07) is -0.0816. The molecule has 8 heteroatoms. The van der Waals surface area contributed by atoms with Crippen molar-refractivity contribution in [1.82, 2.24) is 4.98 Å². The minimum absolute atomic E-state index is 0.0816. The molecule has 1 aromatic heterocycles. The molecular formula is C8H11N3O4S. The molecule has 0 spiro atoms. The van der Waals surface area contributed by atoms with Crippen molar-refractivity contribution in [3.8, 4) is 0 Å². The fourth-order valence-corrected chi connectivity index (χ4v) is 1.96. The summed E-state index contributed by atoms with van der Waals surface area (Å²) >= 11 is 0.872. The number of nitrogens with zero attached hydrogens (tertiary/aromatic N) is 3. The third-order valence-corrected chi connectivity index (χ3v) is 2.82. The Kier molecular flexibility index (Phi) is 3.78.